The lowest BCUT2D eigenvalue weighted by Crippen LogP contribution is -2.36. The van der Waals surface area contributed by atoms with Crippen molar-refractivity contribution in [1.29, 1.82) is 0 Å². The molecule has 15 heavy (non-hydrogen) atoms. The first-order valence-corrected chi connectivity index (χ1v) is 9.50. The average Bonchev–Trinajstić information content (AvgIpc) is 2.18. The number of ether oxygens (including phenoxy) is 1. The fourth-order valence-corrected chi connectivity index (χ4v) is 5.72. The van der Waals surface area contributed by atoms with E-state index in [0.717, 1.165) is 5.54 Å². The van der Waals surface area contributed by atoms with E-state index in [1.54, 1.807) is 0 Å². The van der Waals surface area contributed by atoms with Gasteiger partial charge >= 0.3 is 5.97 Å². The molecule has 0 saturated heterocycles. The molecule has 88 valence electrons. The summed E-state index contributed by atoms with van der Waals surface area (Å²) in [5.41, 5.74) is 0.843. The molecule has 0 atom stereocenters. The van der Waals surface area contributed by atoms with E-state index in [9.17, 15) is 4.79 Å². The van der Waals surface area contributed by atoms with Gasteiger partial charge in [-0.2, -0.15) is 0 Å². The molecule has 1 saturated carbocycles. The van der Waals surface area contributed by atoms with Gasteiger partial charge in [0.15, 0.2) is 0 Å². The van der Waals surface area contributed by atoms with Crippen molar-refractivity contribution in [3.05, 3.63) is 0 Å². The van der Waals surface area contributed by atoms with Crippen molar-refractivity contribution in [1.82, 2.24) is 0 Å². The third-order valence-corrected chi connectivity index (χ3v) is 7.60. The quantitative estimate of drug-likeness (QED) is 0.543. The van der Waals surface area contributed by atoms with Crippen LogP contribution in [-0.4, -0.2) is 20.7 Å². The van der Waals surface area contributed by atoms with Crippen molar-refractivity contribution in [2.45, 2.75) is 63.7 Å². The first kappa shape index (κ1) is 12.8. The Morgan fingerprint density at radius 2 is 1.87 bits per heavy atom. The van der Waals surface area contributed by atoms with E-state index in [1.165, 1.54) is 32.1 Å². The Balaban J connectivity index is 2.45. The van der Waals surface area contributed by atoms with Crippen LogP contribution in [0, 0.1) is 0 Å². The summed E-state index contributed by atoms with van der Waals surface area (Å²) in [4.78, 5) is 11.5. The van der Waals surface area contributed by atoms with Gasteiger partial charge in [-0.15, -0.1) is 0 Å². The molecule has 0 radical (unpaired) electrons. The normalized spacial score (nSPS) is 18.9. The highest BCUT2D eigenvalue weighted by molar-refractivity contribution is 6.81. The smallest absolute Gasteiger partial charge is 0.303 e. The Morgan fingerprint density at radius 3 is 2.40 bits per heavy atom. The zero-order valence-corrected chi connectivity index (χ0v) is 11.3. The molecule has 1 rings (SSSR count). The molecule has 0 aromatic rings. The van der Waals surface area contributed by atoms with Crippen LogP contribution in [0.3, 0.4) is 0 Å². The van der Waals surface area contributed by atoms with Crippen LogP contribution in [0.1, 0.15) is 39.0 Å². The van der Waals surface area contributed by atoms with Crippen molar-refractivity contribution in [3.8, 4) is 0 Å². The van der Waals surface area contributed by atoms with Crippen molar-refractivity contribution >= 4 is 14.0 Å². The second-order valence-corrected chi connectivity index (χ2v) is 10.5. The van der Waals surface area contributed by atoms with Crippen molar-refractivity contribution in [2.75, 3.05) is 6.61 Å². The van der Waals surface area contributed by atoms with Gasteiger partial charge in [-0.25, -0.2) is 0 Å². The van der Waals surface area contributed by atoms with Crippen LogP contribution in [0.15, 0.2) is 0 Å². The van der Waals surface area contributed by atoms with Gasteiger partial charge in [0.25, 0.3) is 0 Å². The molecule has 0 unspecified atom stereocenters. The van der Waals surface area contributed by atoms with Crippen LogP contribution < -0.4 is 0 Å². The third kappa shape index (κ3) is 3.97. The van der Waals surface area contributed by atoms with E-state index >= 15 is 0 Å². The molecule has 0 aromatic heterocycles. The predicted octanol–water partition coefficient (Wildman–Crippen LogP) is 3.59. The Kier molecular flexibility index (Phi) is 4.83. The highest BCUT2D eigenvalue weighted by Gasteiger charge is 2.34. The van der Waals surface area contributed by atoms with E-state index in [2.05, 4.69) is 13.1 Å². The maximum atomic E-state index is 11.5. The molecule has 0 spiro atoms. The summed E-state index contributed by atoms with van der Waals surface area (Å²) in [6.45, 7) is 7.10. The lowest BCUT2D eigenvalue weighted by atomic mass is 10.0. The number of carbonyl (C=O) groups excluding carboxylic acids is 1. The summed E-state index contributed by atoms with van der Waals surface area (Å²) < 4.78 is 5.06. The maximum absolute atomic E-state index is 11.5. The lowest BCUT2D eigenvalue weighted by Gasteiger charge is -2.34. The monoisotopic (exact) mass is 228 g/mol. The molecule has 0 aliphatic heterocycles. The zero-order valence-electron chi connectivity index (χ0n) is 10.3. The molecule has 0 heterocycles. The van der Waals surface area contributed by atoms with Gasteiger partial charge in [-0.3, -0.25) is 4.79 Å². The zero-order chi connectivity index (χ0) is 11.3. The molecule has 0 aromatic carbocycles. The second-order valence-electron chi connectivity index (χ2n) is 5.31. The molecule has 0 amide bonds. The number of hydrogen-bond donors (Lipinski definition) is 0. The van der Waals surface area contributed by atoms with Crippen LogP contribution >= 0.6 is 0 Å². The van der Waals surface area contributed by atoms with E-state index in [4.69, 9.17) is 4.74 Å². The van der Waals surface area contributed by atoms with E-state index in [0.29, 0.717) is 12.7 Å². The summed E-state index contributed by atoms with van der Waals surface area (Å²) in [7, 11) is -1.38. The van der Waals surface area contributed by atoms with Crippen molar-refractivity contribution in [2.24, 2.45) is 0 Å². The van der Waals surface area contributed by atoms with Gasteiger partial charge in [-0.1, -0.05) is 45.2 Å². The molecule has 2 nitrogen and oxygen atoms in total. The standard InChI is InChI=1S/C12H24O2Si/c1-4-14-12(13)10-15(2,3)11-8-6-5-7-9-11/h11H,4-10H2,1-3H3. The molecule has 0 N–H and O–H groups in total. The van der Waals surface area contributed by atoms with E-state index in [-0.39, 0.29) is 5.97 Å². The SMILES string of the molecule is CCOC(=O)C[Si](C)(C)C1CCCCC1. The Bertz CT molecular complexity index is 208. The number of hydrogen-bond acceptors (Lipinski definition) is 2. The van der Waals surface area contributed by atoms with E-state index < -0.39 is 8.07 Å². The second kappa shape index (κ2) is 5.68. The summed E-state index contributed by atoms with van der Waals surface area (Å²) in [5.74, 6) is 0.0275. The molecule has 0 bridgehead atoms. The fourth-order valence-electron chi connectivity index (χ4n) is 2.61. The van der Waals surface area contributed by atoms with E-state index in [1.807, 2.05) is 6.92 Å². The van der Waals surface area contributed by atoms with Gasteiger partial charge in [0, 0.05) is 6.04 Å². The molecule has 3 heteroatoms. The maximum Gasteiger partial charge on any atom is 0.303 e. The van der Waals surface area contributed by atoms with Gasteiger partial charge in [-0.05, 0) is 12.5 Å². The average molecular weight is 228 g/mol. The fraction of sp³-hybridized carbons (Fsp3) is 0.917. The van der Waals surface area contributed by atoms with Crippen molar-refractivity contribution < 1.29 is 9.53 Å². The number of esters is 1. The summed E-state index contributed by atoms with van der Waals surface area (Å²) in [6.07, 6.45) is 6.81. The minimum absolute atomic E-state index is 0.0275. The molecule has 1 fully saturated rings. The highest BCUT2D eigenvalue weighted by Crippen LogP contribution is 2.38. The Hall–Kier alpha value is -0.313. The minimum Gasteiger partial charge on any atom is -0.466 e. The van der Waals surface area contributed by atoms with Gasteiger partial charge in [0.2, 0.25) is 0 Å². The van der Waals surface area contributed by atoms with Gasteiger partial charge in [0.1, 0.15) is 0 Å². The van der Waals surface area contributed by atoms with Crippen LogP contribution in [0.5, 0.6) is 0 Å². The molecule has 1 aliphatic rings. The largest absolute Gasteiger partial charge is 0.466 e. The molecule has 1 aliphatic carbocycles. The number of carbonyl (C=O) groups is 1. The van der Waals surface area contributed by atoms with Crippen LogP contribution in [0.2, 0.25) is 24.7 Å². The lowest BCUT2D eigenvalue weighted by molar-refractivity contribution is -0.140. The topological polar surface area (TPSA) is 26.3 Å². The Morgan fingerprint density at radius 1 is 1.27 bits per heavy atom. The molecular formula is C12H24O2Si. The summed E-state index contributed by atoms with van der Waals surface area (Å²) in [5, 5.41) is 0. The first-order valence-electron chi connectivity index (χ1n) is 6.22. The van der Waals surface area contributed by atoms with Crippen molar-refractivity contribution in [3.63, 3.8) is 0 Å². The summed E-state index contributed by atoms with van der Waals surface area (Å²) in [6, 6.07) is 0.714. The van der Waals surface area contributed by atoms with Crippen LogP contribution in [0.25, 0.3) is 0 Å². The number of rotatable bonds is 4. The van der Waals surface area contributed by atoms with Crippen LogP contribution in [-0.2, 0) is 9.53 Å². The predicted molar refractivity (Wildman–Crippen MR) is 65.8 cm³/mol. The van der Waals surface area contributed by atoms with Gasteiger partial charge < -0.3 is 4.74 Å². The molecular weight excluding hydrogens is 204 g/mol. The van der Waals surface area contributed by atoms with Gasteiger partial charge in [0.05, 0.1) is 14.7 Å². The Labute approximate surface area is 94.4 Å². The minimum atomic E-state index is -1.38. The highest BCUT2D eigenvalue weighted by atomic mass is 28.3. The summed E-state index contributed by atoms with van der Waals surface area (Å²) >= 11 is 0. The van der Waals surface area contributed by atoms with Crippen LogP contribution in [0.4, 0.5) is 0 Å². The first-order chi connectivity index (χ1) is 7.06. The third-order valence-electron chi connectivity index (χ3n) is 3.62.